The number of nitrogens with zero attached hydrogens (tertiary/aromatic N) is 4. The van der Waals surface area contributed by atoms with Gasteiger partial charge in [-0.2, -0.15) is 0 Å². The predicted molar refractivity (Wildman–Crippen MR) is 95.2 cm³/mol. The number of pyridine rings is 1. The van der Waals surface area contributed by atoms with Crippen molar-refractivity contribution in [3.8, 4) is 0 Å². The molecule has 2 aromatic rings. The van der Waals surface area contributed by atoms with Crippen molar-refractivity contribution in [2.24, 2.45) is 0 Å². The van der Waals surface area contributed by atoms with Crippen molar-refractivity contribution >= 4 is 22.5 Å². The van der Waals surface area contributed by atoms with Gasteiger partial charge in [0.25, 0.3) is 0 Å². The summed E-state index contributed by atoms with van der Waals surface area (Å²) in [6.45, 7) is 5.06. The molecule has 3 heterocycles. The summed E-state index contributed by atoms with van der Waals surface area (Å²) in [5, 5.41) is 12.9. The van der Waals surface area contributed by atoms with E-state index in [9.17, 15) is 4.79 Å². The molecule has 0 radical (unpaired) electrons. The molecule has 1 aliphatic heterocycles. The van der Waals surface area contributed by atoms with Crippen LogP contribution in [-0.2, 0) is 0 Å². The largest absolute Gasteiger partial charge is 0.324 e. The molecular formula is C17H23N5OS. The van der Waals surface area contributed by atoms with Gasteiger partial charge in [0.05, 0.1) is 6.04 Å². The van der Waals surface area contributed by atoms with E-state index in [0.29, 0.717) is 11.0 Å². The molecule has 1 saturated heterocycles. The highest BCUT2D eigenvalue weighted by Crippen LogP contribution is 2.33. The summed E-state index contributed by atoms with van der Waals surface area (Å²) in [5.41, 5.74) is 1.13. The third-order valence-electron chi connectivity index (χ3n) is 4.59. The zero-order valence-electron chi connectivity index (χ0n) is 14.1. The van der Waals surface area contributed by atoms with E-state index in [1.165, 1.54) is 11.3 Å². The van der Waals surface area contributed by atoms with Crippen LogP contribution in [0, 0.1) is 0 Å². The Morgan fingerprint density at radius 2 is 2.08 bits per heavy atom. The maximum atomic E-state index is 12.7. The number of hydrogen-bond acceptors (Lipinski definition) is 5. The highest BCUT2D eigenvalue weighted by atomic mass is 32.1. The van der Waals surface area contributed by atoms with Crippen molar-refractivity contribution in [2.75, 3.05) is 11.9 Å². The summed E-state index contributed by atoms with van der Waals surface area (Å²) in [6.07, 6.45) is 7.61. The molecule has 0 aliphatic carbocycles. The molecule has 0 saturated carbocycles. The highest BCUT2D eigenvalue weighted by molar-refractivity contribution is 7.15. The van der Waals surface area contributed by atoms with Crippen LogP contribution in [0.1, 0.15) is 62.1 Å². The van der Waals surface area contributed by atoms with Crippen LogP contribution in [0.15, 0.2) is 24.5 Å². The van der Waals surface area contributed by atoms with Crippen LogP contribution in [0.5, 0.6) is 0 Å². The van der Waals surface area contributed by atoms with Crippen LogP contribution in [0.2, 0.25) is 0 Å². The van der Waals surface area contributed by atoms with Gasteiger partial charge in [0.1, 0.15) is 5.01 Å². The lowest BCUT2D eigenvalue weighted by molar-refractivity contribution is 0.207. The van der Waals surface area contributed by atoms with Crippen LogP contribution in [-0.4, -0.2) is 32.7 Å². The summed E-state index contributed by atoms with van der Waals surface area (Å²) >= 11 is 1.48. The molecule has 0 spiro atoms. The molecule has 128 valence electrons. The van der Waals surface area contributed by atoms with Gasteiger partial charge in [-0.05, 0) is 43.4 Å². The molecule has 3 rings (SSSR count). The average Bonchev–Trinajstić information content (AvgIpc) is 3.26. The summed E-state index contributed by atoms with van der Waals surface area (Å²) in [6, 6.07) is 3.97. The quantitative estimate of drug-likeness (QED) is 0.881. The Balaban J connectivity index is 1.68. The molecule has 1 fully saturated rings. The van der Waals surface area contributed by atoms with E-state index >= 15 is 0 Å². The van der Waals surface area contributed by atoms with E-state index in [1.807, 2.05) is 17.0 Å². The Bertz CT molecular complexity index is 671. The maximum Gasteiger partial charge on any atom is 0.324 e. The van der Waals surface area contributed by atoms with Crippen molar-refractivity contribution in [1.82, 2.24) is 20.1 Å². The van der Waals surface area contributed by atoms with E-state index < -0.39 is 0 Å². The Morgan fingerprint density at radius 3 is 2.79 bits per heavy atom. The molecule has 0 bridgehead atoms. The third-order valence-corrected chi connectivity index (χ3v) is 5.60. The number of aromatic nitrogens is 3. The number of carbonyl (C=O) groups is 1. The molecule has 1 N–H and O–H groups in total. The normalized spacial score (nSPS) is 17.5. The van der Waals surface area contributed by atoms with Crippen LogP contribution in [0.3, 0.4) is 0 Å². The van der Waals surface area contributed by atoms with Crippen LogP contribution in [0.25, 0.3) is 0 Å². The number of likely N-dealkylation sites (tertiary alicyclic amines) is 1. The number of amides is 2. The second kappa shape index (κ2) is 7.70. The number of anilines is 1. The number of nitrogens with one attached hydrogen (secondary N) is 1. The minimum Gasteiger partial charge on any atom is -0.317 e. The second-order valence-corrected chi connectivity index (χ2v) is 7.03. The van der Waals surface area contributed by atoms with E-state index in [0.717, 1.165) is 42.8 Å². The van der Waals surface area contributed by atoms with Gasteiger partial charge >= 0.3 is 6.03 Å². The minimum absolute atomic E-state index is 0.0958. The van der Waals surface area contributed by atoms with Gasteiger partial charge < -0.3 is 4.90 Å². The molecule has 2 aromatic heterocycles. The zero-order valence-corrected chi connectivity index (χ0v) is 14.9. The number of rotatable bonds is 5. The van der Waals surface area contributed by atoms with E-state index in [2.05, 4.69) is 34.3 Å². The zero-order chi connectivity index (χ0) is 16.9. The lowest BCUT2D eigenvalue weighted by atomic mass is 10.1. The van der Waals surface area contributed by atoms with Gasteiger partial charge in [0.15, 0.2) is 0 Å². The lowest BCUT2D eigenvalue weighted by Crippen LogP contribution is -2.34. The monoisotopic (exact) mass is 345 g/mol. The molecule has 6 nitrogen and oxygen atoms in total. The van der Waals surface area contributed by atoms with Crippen molar-refractivity contribution < 1.29 is 4.79 Å². The summed E-state index contributed by atoms with van der Waals surface area (Å²) in [7, 11) is 0. The molecule has 1 aliphatic rings. The number of carbonyl (C=O) groups excluding carboxylic acids is 1. The van der Waals surface area contributed by atoms with Gasteiger partial charge in [-0.25, -0.2) is 4.79 Å². The molecule has 7 heteroatoms. The van der Waals surface area contributed by atoms with E-state index in [-0.39, 0.29) is 12.1 Å². The first kappa shape index (κ1) is 16.8. The lowest BCUT2D eigenvalue weighted by Gasteiger charge is -2.24. The summed E-state index contributed by atoms with van der Waals surface area (Å²) in [5.74, 6) is 0.421. The SMILES string of the molecule is CCC(CC)c1nnc(NC(=O)N2CCCC2c2ccncc2)s1. The van der Waals surface area contributed by atoms with Crippen LogP contribution < -0.4 is 5.32 Å². The molecule has 1 atom stereocenters. The first-order valence-corrected chi connectivity index (χ1v) is 9.35. The fraction of sp³-hybridized carbons (Fsp3) is 0.529. The van der Waals surface area contributed by atoms with Gasteiger partial charge in [-0.3, -0.25) is 10.3 Å². The topological polar surface area (TPSA) is 71.0 Å². The van der Waals surface area contributed by atoms with Gasteiger partial charge in [-0.1, -0.05) is 25.2 Å². The predicted octanol–water partition coefficient (Wildman–Crippen LogP) is 4.21. The molecule has 1 unspecified atom stereocenters. The van der Waals surface area contributed by atoms with Gasteiger partial charge in [0.2, 0.25) is 5.13 Å². The fourth-order valence-corrected chi connectivity index (χ4v) is 4.19. The Morgan fingerprint density at radius 1 is 1.33 bits per heavy atom. The highest BCUT2D eigenvalue weighted by Gasteiger charge is 2.30. The van der Waals surface area contributed by atoms with Crippen molar-refractivity contribution in [3.05, 3.63) is 35.1 Å². The van der Waals surface area contributed by atoms with E-state index in [1.54, 1.807) is 12.4 Å². The third kappa shape index (κ3) is 3.56. The summed E-state index contributed by atoms with van der Waals surface area (Å²) < 4.78 is 0. The van der Waals surface area contributed by atoms with Crippen molar-refractivity contribution in [2.45, 2.75) is 51.5 Å². The van der Waals surface area contributed by atoms with Crippen LogP contribution >= 0.6 is 11.3 Å². The fourth-order valence-electron chi connectivity index (χ4n) is 3.19. The molecule has 24 heavy (non-hydrogen) atoms. The maximum absolute atomic E-state index is 12.7. The second-order valence-electron chi connectivity index (χ2n) is 6.02. The van der Waals surface area contributed by atoms with E-state index in [4.69, 9.17) is 0 Å². The van der Waals surface area contributed by atoms with Gasteiger partial charge in [-0.15, -0.1) is 10.2 Å². The van der Waals surface area contributed by atoms with Crippen molar-refractivity contribution in [1.29, 1.82) is 0 Å². The van der Waals surface area contributed by atoms with Gasteiger partial charge in [0, 0.05) is 24.9 Å². The van der Waals surface area contributed by atoms with Crippen LogP contribution in [0.4, 0.5) is 9.93 Å². The summed E-state index contributed by atoms with van der Waals surface area (Å²) in [4.78, 5) is 18.6. The minimum atomic E-state index is -0.0958. The number of urea groups is 1. The first-order valence-electron chi connectivity index (χ1n) is 8.53. The number of hydrogen-bond donors (Lipinski definition) is 1. The first-order chi connectivity index (χ1) is 11.7. The molecular weight excluding hydrogens is 322 g/mol. The molecule has 2 amide bonds. The Labute approximate surface area is 146 Å². The smallest absolute Gasteiger partial charge is 0.317 e. The van der Waals surface area contributed by atoms with Crippen molar-refractivity contribution in [3.63, 3.8) is 0 Å². The Hall–Kier alpha value is -2.02. The average molecular weight is 345 g/mol. The molecule has 0 aromatic carbocycles. The standard InChI is InChI=1S/C17H23N5OS/c1-3-12(4-2)15-20-21-16(24-15)19-17(23)22-11-5-6-14(22)13-7-9-18-10-8-13/h7-10,12,14H,3-6,11H2,1-2H3,(H,19,21,23). The Kier molecular flexibility index (Phi) is 5.40.